The molecular weight excluding hydrogens is 148 g/mol. The highest BCUT2D eigenvalue weighted by atomic mass is 35.5. The van der Waals surface area contributed by atoms with Crippen LogP contribution >= 0.6 is 11.6 Å². The molecule has 2 bridgehead atoms. The lowest BCUT2D eigenvalue weighted by Crippen LogP contribution is -1.43. The molecular formula is C8H9ClO. The molecule has 0 aliphatic rings. The van der Waals surface area contributed by atoms with Gasteiger partial charge in [0.25, 0.3) is 0 Å². The Hall–Kier alpha value is -0.690. The molecule has 0 aromatic carbocycles. The van der Waals surface area contributed by atoms with Gasteiger partial charge < -0.3 is 4.42 Å². The van der Waals surface area contributed by atoms with Gasteiger partial charge in [0.05, 0.1) is 0 Å². The Bertz CT molecular complexity index is 218. The van der Waals surface area contributed by atoms with E-state index in [1.807, 2.05) is 31.2 Å². The Labute approximate surface area is 64.9 Å². The molecule has 0 saturated heterocycles. The summed E-state index contributed by atoms with van der Waals surface area (Å²) in [4.78, 5) is 0. The zero-order chi connectivity index (χ0) is 7.40. The van der Waals surface area contributed by atoms with Gasteiger partial charge in [0.2, 0.25) is 0 Å². The Kier molecular flexibility index (Phi) is 2.57. The lowest BCUT2D eigenvalue weighted by atomic mass is 10.4. The van der Waals surface area contributed by atoms with Crippen LogP contribution in [0.2, 0.25) is 0 Å². The Balaban J connectivity index is 0.000000148. The van der Waals surface area contributed by atoms with E-state index in [2.05, 4.69) is 0 Å². The fourth-order valence-corrected chi connectivity index (χ4v) is 0.712. The van der Waals surface area contributed by atoms with Gasteiger partial charge in [-0.3, -0.25) is 0 Å². The van der Waals surface area contributed by atoms with Crippen LogP contribution in [0.3, 0.4) is 0 Å². The van der Waals surface area contributed by atoms with Crippen LogP contribution in [0.1, 0.15) is 6.92 Å². The van der Waals surface area contributed by atoms with Crippen LogP contribution in [0.5, 0.6) is 0 Å². The lowest BCUT2D eigenvalue weighted by molar-refractivity contribution is 0.675. The van der Waals surface area contributed by atoms with Crippen molar-refractivity contribution in [3.05, 3.63) is 24.3 Å². The molecule has 0 aliphatic heterocycles. The number of rotatable bonds is 0. The molecule has 0 atom stereocenters. The summed E-state index contributed by atoms with van der Waals surface area (Å²) in [6, 6.07) is 7.81. The van der Waals surface area contributed by atoms with Crippen molar-refractivity contribution >= 4 is 22.8 Å². The first-order chi connectivity index (χ1) is 4.86. The van der Waals surface area contributed by atoms with Gasteiger partial charge in [-0.1, -0.05) is 6.92 Å². The van der Waals surface area contributed by atoms with Gasteiger partial charge in [-0.2, -0.15) is 0 Å². The van der Waals surface area contributed by atoms with Gasteiger partial charge in [-0.25, -0.2) is 0 Å². The van der Waals surface area contributed by atoms with Crippen LogP contribution in [0.15, 0.2) is 28.7 Å². The van der Waals surface area contributed by atoms with E-state index in [1.54, 1.807) is 0 Å². The lowest BCUT2D eigenvalue weighted by Gasteiger charge is -1.60. The highest BCUT2D eigenvalue weighted by Gasteiger charge is 1.91. The zero-order valence-electron chi connectivity index (χ0n) is 5.80. The van der Waals surface area contributed by atoms with E-state index < -0.39 is 0 Å². The van der Waals surface area contributed by atoms with Gasteiger partial charge in [0.15, 0.2) is 0 Å². The van der Waals surface area contributed by atoms with Crippen molar-refractivity contribution in [1.82, 2.24) is 0 Å². The van der Waals surface area contributed by atoms with E-state index in [0.29, 0.717) is 0 Å². The monoisotopic (exact) mass is 156 g/mol. The second-order valence-electron chi connectivity index (χ2n) is 1.84. The van der Waals surface area contributed by atoms with Gasteiger partial charge in [-0.05, 0) is 24.3 Å². The third kappa shape index (κ3) is 1.64. The van der Waals surface area contributed by atoms with Gasteiger partial charge in [-0.15, -0.1) is 11.6 Å². The number of fused-ring (bicyclic) bond motifs is 2. The maximum atomic E-state index is 5.08. The molecule has 0 saturated carbocycles. The summed E-state index contributed by atoms with van der Waals surface area (Å²) in [5.74, 6) is 0.722. The Morgan fingerprint density at radius 2 is 1.50 bits per heavy atom. The average Bonchev–Trinajstić information content (AvgIpc) is 2.49. The normalized spacial score (nSPS) is 9.40. The Morgan fingerprint density at radius 1 is 1.20 bits per heavy atom. The molecule has 0 aliphatic carbocycles. The summed E-state index contributed by atoms with van der Waals surface area (Å²) in [5, 5.41) is 0. The fraction of sp³-hybridized carbons (Fsp3) is 0.250. The van der Waals surface area contributed by atoms with Crippen LogP contribution in [0.4, 0.5) is 0 Å². The second-order valence-corrected chi connectivity index (χ2v) is 2.38. The van der Waals surface area contributed by atoms with Crippen LogP contribution in [0, 0.1) is 0 Å². The van der Waals surface area contributed by atoms with E-state index in [-0.39, 0.29) is 0 Å². The number of hydrogen-bond acceptors (Lipinski definition) is 1. The first kappa shape index (κ1) is 7.42. The maximum Gasteiger partial charge on any atom is 0.127 e. The number of halogens is 1. The molecule has 2 aromatic heterocycles. The molecule has 0 amide bonds. The third-order valence-electron chi connectivity index (χ3n) is 1.06. The van der Waals surface area contributed by atoms with Crippen molar-refractivity contribution in [1.29, 1.82) is 0 Å². The van der Waals surface area contributed by atoms with E-state index in [9.17, 15) is 0 Å². The van der Waals surface area contributed by atoms with Crippen molar-refractivity contribution in [2.24, 2.45) is 0 Å². The summed E-state index contributed by atoms with van der Waals surface area (Å²) in [5.41, 5.74) is 1.94. The first-order valence-electron chi connectivity index (χ1n) is 3.20. The minimum Gasteiger partial charge on any atom is -0.457 e. The van der Waals surface area contributed by atoms with Crippen molar-refractivity contribution in [2.45, 2.75) is 6.92 Å². The Morgan fingerprint density at radius 3 is 1.60 bits per heavy atom. The average molecular weight is 157 g/mol. The van der Waals surface area contributed by atoms with E-state index >= 15 is 0 Å². The fourth-order valence-electron chi connectivity index (χ4n) is 0.712. The molecule has 0 radical (unpaired) electrons. The molecule has 0 fully saturated rings. The smallest absolute Gasteiger partial charge is 0.127 e. The van der Waals surface area contributed by atoms with Crippen LogP contribution in [-0.4, -0.2) is 5.88 Å². The predicted octanol–water partition coefficient (Wildman–Crippen LogP) is 3.12. The van der Waals surface area contributed by atoms with Crippen molar-refractivity contribution in [2.75, 3.05) is 5.88 Å². The van der Waals surface area contributed by atoms with Crippen molar-refractivity contribution < 1.29 is 4.42 Å². The molecule has 2 rings (SSSR count). The molecule has 2 heterocycles. The zero-order valence-corrected chi connectivity index (χ0v) is 6.56. The standard InChI is InChI=1S/C6H4O.C2H5Cl/c1-2-6-4-3-5(1)7-6;1-2-3/h1-4H;2H2,1H3. The second kappa shape index (κ2) is 3.47. The molecule has 54 valence electrons. The molecule has 2 aromatic rings. The largest absolute Gasteiger partial charge is 0.457 e. The van der Waals surface area contributed by atoms with Crippen LogP contribution in [-0.2, 0) is 0 Å². The number of hydrogen-bond donors (Lipinski definition) is 0. The summed E-state index contributed by atoms with van der Waals surface area (Å²) in [6.45, 7) is 1.89. The molecule has 10 heavy (non-hydrogen) atoms. The third-order valence-corrected chi connectivity index (χ3v) is 1.06. The molecule has 0 spiro atoms. The van der Waals surface area contributed by atoms with Gasteiger partial charge >= 0.3 is 0 Å². The number of alkyl halides is 1. The van der Waals surface area contributed by atoms with E-state index in [1.165, 1.54) is 0 Å². The minimum atomic E-state index is 0.722. The predicted molar refractivity (Wildman–Crippen MR) is 43.8 cm³/mol. The maximum absolute atomic E-state index is 5.08. The van der Waals surface area contributed by atoms with Gasteiger partial charge in [0, 0.05) is 5.88 Å². The number of furan rings is 2. The van der Waals surface area contributed by atoms with Crippen molar-refractivity contribution in [3.63, 3.8) is 0 Å². The summed E-state index contributed by atoms with van der Waals surface area (Å²) >= 11 is 5.00. The summed E-state index contributed by atoms with van der Waals surface area (Å²) in [7, 11) is 0. The summed E-state index contributed by atoms with van der Waals surface area (Å²) in [6.07, 6.45) is 0. The quantitative estimate of drug-likeness (QED) is 0.535. The summed E-state index contributed by atoms with van der Waals surface area (Å²) < 4.78 is 5.08. The van der Waals surface area contributed by atoms with Crippen LogP contribution in [0.25, 0.3) is 11.2 Å². The highest BCUT2D eigenvalue weighted by molar-refractivity contribution is 6.17. The van der Waals surface area contributed by atoms with Gasteiger partial charge in [0.1, 0.15) is 11.2 Å². The highest BCUT2D eigenvalue weighted by Crippen LogP contribution is 2.13. The number of benzene rings is 1. The molecule has 0 N–H and O–H groups in total. The van der Waals surface area contributed by atoms with Crippen molar-refractivity contribution in [3.8, 4) is 0 Å². The minimum absolute atomic E-state index is 0.722. The van der Waals surface area contributed by atoms with E-state index in [0.717, 1.165) is 17.0 Å². The molecule has 0 unspecified atom stereocenters. The molecule has 2 heteroatoms. The SMILES string of the molecule is CCCl.c1cc2ccc1o2. The van der Waals surface area contributed by atoms with Crippen LogP contribution < -0.4 is 0 Å². The molecule has 1 nitrogen and oxygen atoms in total. The topological polar surface area (TPSA) is 13.1 Å². The first-order valence-corrected chi connectivity index (χ1v) is 3.74. The van der Waals surface area contributed by atoms with E-state index in [4.69, 9.17) is 16.0 Å².